The summed E-state index contributed by atoms with van der Waals surface area (Å²) in [4.78, 5) is 0. The van der Waals surface area contributed by atoms with E-state index >= 15 is 0 Å². The third-order valence-corrected chi connectivity index (χ3v) is 3.21. The van der Waals surface area contributed by atoms with Crippen molar-refractivity contribution in [1.82, 2.24) is 5.32 Å². The zero-order valence-electron chi connectivity index (χ0n) is 8.48. The number of halogens is 2. The molecule has 0 saturated carbocycles. The van der Waals surface area contributed by atoms with Crippen LogP contribution in [0.1, 0.15) is 25.3 Å². The van der Waals surface area contributed by atoms with E-state index in [0.717, 1.165) is 25.5 Å². The molecule has 1 saturated heterocycles. The molecule has 2 nitrogen and oxygen atoms in total. The molecule has 1 unspecified atom stereocenters. The molecule has 0 aliphatic carbocycles. The van der Waals surface area contributed by atoms with Crippen LogP contribution in [0.3, 0.4) is 0 Å². The minimum absolute atomic E-state index is 0.295. The molecule has 1 aliphatic rings. The Labute approximate surface area is 93.1 Å². The van der Waals surface area contributed by atoms with Crippen molar-refractivity contribution in [3.63, 3.8) is 0 Å². The molecule has 0 bridgehead atoms. The molecule has 0 aromatic heterocycles. The summed E-state index contributed by atoms with van der Waals surface area (Å²) in [7, 11) is 0. The highest BCUT2D eigenvalue weighted by Gasteiger charge is 2.33. The zero-order valence-corrected chi connectivity index (χ0v) is 9.24. The van der Waals surface area contributed by atoms with Gasteiger partial charge in [-0.2, -0.15) is 0 Å². The summed E-state index contributed by atoms with van der Waals surface area (Å²) in [5, 5.41) is 13.2. The predicted molar refractivity (Wildman–Crippen MR) is 57.7 cm³/mol. The van der Waals surface area contributed by atoms with Gasteiger partial charge in [0.25, 0.3) is 0 Å². The lowest BCUT2D eigenvalue weighted by Crippen LogP contribution is -2.33. The summed E-state index contributed by atoms with van der Waals surface area (Å²) in [6.45, 7) is 2.83. The number of hydrogen-bond acceptors (Lipinski definition) is 2. The maximum atomic E-state index is 13.3. The second-order valence-corrected chi connectivity index (χ2v) is 4.58. The van der Waals surface area contributed by atoms with Crippen molar-refractivity contribution in [2.24, 2.45) is 0 Å². The first kappa shape index (κ1) is 10.7. The van der Waals surface area contributed by atoms with Crippen LogP contribution in [0, 0.1) is 5.82 Å². The van der Waals surface area contributed by atoms with Crippen molar-refractivity contribution in [1.29, 1.82) is 0 Å². The number of phenols is 1. The topological polar surface area (TPSA) is 32.3 Å². The van der Waals surface area contributed by atoms with Gasteiger partial charge in [-0.3, -0.25) is 0 Å². The Kier molecular flexibility index (Phi) is 2.61. The number of benzene rings is 1. The molecule has 15 heavy (non-hydrogen) atoms. The van der Waals surface area contributed by atoms with Crippen LogP contribution >= 0.6 is 11.6 Å². The summed E-state index contributed by atoms with van der Waals surface area (Å²) in [5.74, 6) is -0.955. The van der Waals surface area contributed by atoms with Gasteiger partial charge in [0.05, 0.1) is 0 Å². The van der Waals surface area contributed by atoms with E-state index < -0.39 is 5.82 Å². The third-order valence-electron chi connectivity index (χ3n) is 2.99. The standard InChI is InChI=1S/C11H13ClFNO/c1-11(3-2-4-14-11)8-5-7(12)6-9(13)10(8)15/h5-6,14-15H,2-4H2,1H3. The van der Waals surface area contributed by atoms with Crippen molar-refractivity contribution < 1.29 is 9.50 Å². The van der Waals surface area contributed by atoms with Crippen molar-refractivity contribution >= 4 is 11.6 Å². The van der Waals surface area contributed by atoms with Crippen LogP contribution in [0.2, 0.25) is 5.02 Å². The molecule has 1 aromatic carbocycles. The Morgan fingerprint density at radius 2 is 2.27 bits per heavy atom. The Balaban J connectivity index is 2.51. The van der Waals surface area contributed by atoms with E-state index in [0.29, 0.717) is 10.6 Å². The molecule has 2 rings (SSSR count). The van der Waals surface area contributed by atoms with E-state index in [2.05, 4.69) is 5.32 Å². The molecular weight excluding hydrogens is 217 g/mol. The Morgan fingerprint density at radius 1 is 1.53 bits per heavy atom. The number of phenolic OH excluding ortho intramolecular Hbond substituents is 1. The summed E-state index contributed by atoms with van der Waals surface area (Å²) in [6.07, 6.45) is 1.89. The average molecular weight is 230 g/mol. The first-order chi connectivity index (χ1) is 7.03. The third kappa shape index (κ3) is 1.82. The van der Waals surface area contributed by atoms with Crippen molar-refractivity contribution in [2.45, 2.75) is 25.3 Å². The fraction of sp³-hybridized carbons (Fsp3) is 0.455. The highest BCUT2D eigenvalue weighted by atomic mass is 35.5. The summed E-state index contributed by atoms with van der Waals surface area (Å²) in [5.41, 5.74) is 0.181. The quantitative estimate of drug-likeness (QED) is 0.776. The molecule has 2 N–H and O–H groups in total. The van der Waals surface area contributed by atoms with Crippen LogP contribution in [0.25, 0.3) is 0 Å². The fourth-order valence-electron chi connectivity index (χ4n) is 2.11. The molecule has 1 aliphatic heterocycles. The van der Waals surface area contributed by atoms with Gasteiger partial charge in [0.2, 0.25) is 0 Å². The molecule has 1 heterocycles. The number of hydrogen-bond donors (Lipinski definition) is 2. The maximum absolute atomic E-state index is 13.3. The minimum Gasteiger partial charge on any atom is -0.505 e. The van der Waals surface area contributed by atoms with E-state index in [4.69, 9.17) is 11.6 Å². The molecule has 0 amide bonds. The molecule has 0 radical (unpaired) electrons. The summed E-state index contributed by atoms with van der Waals surface area (Å²) < 4.78 is 13.3. The van der Waals surface area contributed by atoms with Crippen LogP contribution in [0.5, 0.6) is 5.75 Å². The van der Waals surface area contributed by atoms with Gasteiger partial charge >= 0.3 is 0 Å². The molecule has 0 spiro atoms. The van der Waals surface area contributed by atoms with Gasteiger partial charge in [0.15, 0.2) is 11.6 Å². The van der Waals surface area contributed by atoms with Gasteiger partial charge in [-0.05, 0) is 38.4 Å². The van der Waals surface area contributed by atoms with Gasteiger partial charge in [-0.25, -0.2) is 4.39 Å². The fourth-order valence-corrected chi connectivity index (χ4v) is 2.32. The highest BCUT2D eigenvalue weighted by Crippen LogP contribution is 2.38. The van der Waals surface area contributed by atoms with Gasteiger partial charge in [0.1, 0.15) is 0 Å². The molecule has 4 heteroatoms. The Hall–Kier alpha value is -0.800. The van der Waals surface area contributed by atoms with Gasteiger partial charge < -0.3 is 10.4 Å². The number of nitrogens with one attached hydrogen (secondary N) is 1. The van der Waals surface area contributed by atoms with Crippen molar-refractivity contribution in [2.75, 3.05) is 6.54 Å². The lowest BCUT2D eigenvalue weighted by Gasteiger charge is -2.26. The van der Waals surface area contributed by atoms with Gasteiger partial charge in [0, 0.05) is 16.1 Å². The first-order valence-electron chi connectivity index (χ1n) is 4.96. The average Bonchev–Trinajstić information content (AvgIpc) is 2.59. The normalized spacial score (nSPS) is 25.8. The smallest absolute Gasteiger partial charge is 0.166 e. The monoisotopic (exact) mass is 229 g/mol. The maximum Gasteiger partial charge on any atom is 0.166 e. The lowest BCUT2D eigenvalue weighted by atomic mass is 9.90. The van der Waals surface area contributed by atoms with Crippen LogP contribution in [0.15, 0.2) is 12.1 Å². The van der Waals surface area contributed by atoms with Crippen LogP contribution in [0.4, 0.5) is 4.39 Å². The van der Waals surface area contributed by atoms with Crippen molar-refractivity contribution in [3.8, 4) is 5.75 Å². The SMILES string of the molecule is CC1(c2cc(Cl)cc(F)c2O)CCCN1. The van der Waals surface area contributed by atoms with E-state index in [1.807, 2.05) is 6.92 Å². The molecule has 1 fully saturated rings. The first-order valence-corrected chi connectivity index (χ1v) is 5.34. The zero-order chi connectivity index (χ0) is 11.1. The van der Waals surface area contributed by atoms with Crippen LogP contribution in [-0.4, -0.2) is 11.7 Å². The molecule has 1 atom stereocenters. The Morgan fingerprint density at radius 3 is 2.87 bits per heavy atom. The van der Waals surface area contributed by atoms with Crippen LogP contribution < -0.4 is 5.32 Å². The number of aromatic hydroxyl groups is 1. The van der Waals surface area contributed by atoms with E-state index in [-0.39, 0.29) is 11.3 Å². The lowest BCUT2D eigenvalue weighted by molar-refractivity contribution is 0.375. The largest absolute Gasteiger partial charge is 0.505 e. The summed E-state index contributed by atoms with van der Waals surface area (Å²) in [6, 6.07) is 2.75. The predicted octanol–water partition coefficient (Wildman–Crippen LogP) is 2.78. The highest BCUT2D eigenvalue weighted by molar-refractivity contribution is 6.30. The van der Waals surface area contributed by atoms with Gasteiger partial charge in [-0.15, -0.1) is 0 Å². The van der Waals surface area contributed by atoms with E-state index in [1.54, 1.807) is 6.07 Å². The second kappa shape index (κ2) is 3.65. The number of rotatable bonds is 1. The summed E-state index contributed by atoms with van der Waals surface area (Å²) >= 11 is 5.78. The minimum atomic E-state index is -0.660. The second-order valence-electron chi connectivity index (χ2n) is 4.15. The Bertz CT molecular complexity index is 388. The molecule has 82 valence electrons. The van der Waals surface area contributed by atoms with E-state index in [1.165, 1.54) is 0 Å². The van der Waals surface area contributed by atoms with E-state index in [9.17, 15) is 9.50 Å². The molecule has 1 aromatic rings. The van der Waals surface area contributed by atoms with Crippen molar-refractivity contribution in [3.05, 3.63) is 28.5 Å². The van der Waals surface area contributed by atoms with Gasteiger partial charge in [-0.1, -0.05) is 11.6 Å². The molecular formula is C11H13ClFNO. The van der Waals surface area contributed by atoms with Crippen LogP contribution in [-0.2, 0) is 5.54 Å².